The first kappa shape index (κ1) is 15.1. The number of nitrogens with zero attached hydrogens (tertiary/aromatic N) is 2. The lowest BCUT2D eigenvalue weighted by molar-refractivity contribution is 0.876. The van der Waals surface area contributed by atoms with E-state index in [1.807, 2.05) is 25.2 Å². The molecule has 0 fully saturated rings. The Morgan fingerprint density at radius 2 is 1.87 bits per heavy atom. The van der Waals surface area contributed by atoms with Gasteiger partial charge in [0.1, 0.15) is 23.8 Å². The summed E-state index contributed by atoms with van der Waals surface area (Å²) < 4.78 is 2.10. The van der Waals surface area contributed by atoms with Gasteiger partial charge >= 0.3 is 0 Å². The predicted octanol–water partition coefficient (Wildman–Crippen LogP) is 1.75. The summed E-state index contributed by atoms with van der Waals surface area (Å²) in [6.07, 6.45) is 2.10. The maximum absolute atomic E-state index is 5.84. The zero-order chi connectivity index (χ0) is 16.6. The Bertz CT molecular complexity index is 1010. The molecule has 3 rings (SSSR count). The molecule has 1 aliphatic rings. The molecule has 0 saturated carbocycles. The Balaban J connectivity index is 2.05. The summed E-state index contributed by atoms with van der Waals surface area (Å²) in [6.45, 7) is 6.27. The molecule has 0 unspecified atom stereocenters. The predicted molar refractivity (Wildman–Crippen MR) is 95.9 cm³/mol. The lowest BCUT2D eigenvalue weighted by atomic mass is 10.0. The maximum Gasteiger partial charge on any atom is 0.218 e. The minimum absolute atomic E-state index is 0.492. The van der Waals surface area contributed by atoms with E-state index < -0.39 is 0 Å². The summed E-state index contributed by atoms with van der Waals surface area (Å²) in [4.78, 5) is 4.41. The van der Waals surface area contributed by atoms with Crippen molar-refractivity contribution in [3.63, 3.8) is 0 Å². The van der Waals surface area contributed by atoms with Crippen LogP contribution in [-0.4, -0.2) is 12.0 Å². The topological polar surface area (TPSA) is 41.9 Å². The summed E-state index contributed by atoms with van der Waals surface area (Å²) in [6, 6.07) is 10.0. The molecule has 114 valence electrons. The van der Waals surface area contributed by atoms with E-state index >= 15 is 0 Å². The number of nitrogens with two attached hydrogens (primary N) is 1. The van der Waals surface area contributed by atoms with Crippen LogP contribution in [0.2, 0.25) is 0 Å². The van der Waals surface area contributed by atoms with E-state index in [1.54, 1.807) is 0 Å². The van der Waals surface area contributed by atoms with Gasteiger partial charge in [0.2, 0.25) is 5.36 Å². The van der Waals surface area contributed by atoms with Gasteiger partial charge in [0.05, 0.1) is 0 Å². The van der Waals surface area contributed by atoms with Crippen LogP contribution in [0.15, 0.2) is 35.9 Å². The van der Waals surface area contributed by atoms with Gasteiger partial charge in [-0.15, -0.1) is 0 Å². The molecule has 2 N–H and O–H groups in total. The third-order valence-corrected chi connectivity index (χ3v) is 4.14. The summed E-state index contributed by atoms with van der Waals surface area (Å²) in [7, 11) is 2.04. The molecule has 1 aromatic heterocycles. The monoisotopic (exact) mass is 302 g/mol. The molecule has 0 atom stereocenters. The molecule has 0 radical (unpaired) electrons. The number of rotatable bonds is 1. The van der Waals surface area contributed by atoms with Gasteiger partial charge in [0.15, 0.2) is 6.20 Å². The first-order valence-corrected chi connectivity index (χ1v) is 7.60. The normalized spacial score (nSPS) is 11.6. The Hall–Kier alpha value is -2.86. The van der Waals surface area contributed by atoms with E-state index in [4.69, 9.17) is 5.73 Å². The van der Waals surface area contributed by atoms with Gasteiger partial charge in [0, 0.05) is 17.2 Å². The van der Waals surface area contributed by atoms with Crippen LogP contribution in [0.4, 0.5) is 5.82 Å². The molecule has 0 spiro atoms. The van der Waals surface area contributed by atoms with E-state index in [9.17, 15) is 0 Å². The zero-order valence-corrected chi connectivity index (χ0v) is 13.9. The van der Waals surface area contributed by atoms with Crippen molar-refractivity contribution >= 4 is 17.6 Å². The highest BCUT2D eigenvalue weighted by atomic mass is 15.0. The molecule has 3 heteroatoms. The van der Waals surface area contributed by atoms with Crippen molar-refractivity contribution in [2.75, 3.05) is 12.8 Å². The van der Waals surface area contributed by atoms with Crippen LogP contribution in [0.5, 0.6) is 0 Å². The standard InChI is InChI=1S/C20H20N3/c1-13(2)14(3)17-7-10-20(21)22-18(17)8-5-15-6-9-19-16(11-15)12-23(19)4/h6-7,9-12H,1-4H3,(H2,21,22)/q+1. The summed E-state index contributed by atoms with van der Waals surface area (Å²) in [5.74, 6) is 6.89. The second kappa shape index (κ2) is 5.73. The second-order valence-electron chi connectivity index (χ2n) is 6.02. The first-order valence-electron chi connectivity index (χ1n) is 7.60. The van der Waals surface area contributed by atoms with Gasteiger partial charge in [-0.3, -0.25) is 0 Å². The number of allylic oxidation sites excluding steroid dienone is 2. The van der Waals surface area contributed by atoms with Crippen molar-refractivity contribution in [1.29, 1.82) is 0 Å². The molecule has 0 amide bonds. The summed E-state index contributed by atoms with van der Waals surface area (Å²) in [5.41, 5.74) is 11.0. The van der Waals surface area contributed by atoms with E-state index in [1.165, 1.54) is 21.7 Å². The van der Waals surface area contributed by atoms with Crippen LogP contribution < -0.4 is 20.9 Å². The van der Waals surface area contributed by atoms with Crippen LogP contribution >= 0.6 is 0 Å². The minimum atomic E-state index is 0.492. The average molecular weight is 302 g/mol. The molecule has 0 bridgehead atoms. The van der Waals surface area contributed by atoms with E-state index in [0.717, 1.165) is 16.8 Å². The van der Waals surface area contributed by atoms with Crippen LogP contribution in [0.25, 0.3) is 11.8 Å². The molecule has 2 heterocycles. The third-order valence-electron chi connectivity index (χ3n) is 4.14. The van der Waals surface area contributed by atoms with Crippen molar-refractivity contribution < 1.29 is 0 Å². The molecule has 1 aliphatic heterocycles. The van der Waals surface area contributed by atoms with Gasteiger partial charge in [-0.2, -0.15) is 4.58 Å². The molecule has 3 nitrogen and oxygen atoms in total. The number of anilines is 1. The average Bonchev–Trinajstić information content (AvgIpc) is 2.51. The fourth-order valence-electron chi connectivity index (χ4n) is 2.54. The molecule has 23 heavy (non-hydrogen) atoms. The number of pyridine rings is 1. The third kappa shape index (κ3) is 2.89. The highest BCUT2D eigenvalue weighted by Gasteiger charge is 2.09. The largest absolute Gasteiger partial charge is 0.384 e. The molecular formula is C20H20N3+. The van der Waals surface area contributed by atoms with Crippen molar-refractivity contribution in [2.24, 2.45) is 0 Å². The summed E-state index contributed by atoms with van der Waals surface area (Å²) in [5, 5.41) is 2.46. The molecule has 0 saturated heterocycles. The second-order valence-corrected chi connectivity index (χ2v) is 6.02. The Morgan fingerprint density at radius 3 is 2.52 bits per heavy atom. The Kier molecular flexibility index (Phi) is 3.75. The first-order chi connectivity index (χ1) is 11.0. The fraction of sp³-hybridized carbons (Fsp3) is 0.200. The SMILES string of the molecule is CC(C)=C(C)c1ccc(N)nc1C#Cc1ccc2c(c1)=C[N+]=2C. The van der Waals surface area contributed by atoms with Gasteiger partial charge < -0.3 is 5.73 Å². The van der Waals surface area contributed by atoms with Gasteiger partial charge in [-0.25, -0.2) is 4.98 Å². The lowest BCUT2D eigenvalue weighted by Crippen LogP contribution is -2.44. The molecule has 0 aliphatic carbocycles. The van der Waals surface area contributed by atoms with Crippen molar-refractivity contribution in [1.82, 2.24) is 9.56 Å². The number of aromatic nitrogens is 1. The maximum atomic E-state index is 5.84. The highest BCUT2D eigenvalue weighted by Crippen LogP contribution is 2.21. The molecule has 2 aromatic rings. The van der Waals surface area contributed by atoms with E-state index in [-0.39, 0.29) is 0 Å². The van der Waals surface area contributed by atoms with E-state index in [0.29, 0.717) is 5.82 Å². The van der Waals surface area contributed by atoms with Gasteiger partial charge in [0.25, 0.3) is 0 Å². The minimum Gasteiger partial charge on any atom is -0.384 e. The number of benzene rings is 1. The Labute approximate surface area is 136 Å². The van der Waals surface area contributed by atoms with Crippen LogP contribution in [0, 0.1) is 11.8 Å². The van der Waals surface area contributed by atoms with Crippen LogP contribution in [0.1, 0.15) is 37.6 Å². The summed E-state index contributed by atoms with van der Waals surface area (Å²) >= 11 is 0. The van der Waals surface area contributed by atoms with Crippen LogP contribution in [0.3, 0.4) is 0 Å². The quantitative estimate of drug-likeness (QED) is 0.644. The van der Waals surface area contributed by atoms with Crippen molar-refractivity contribution in [3.05, 3.63) is 63.3 Å². The van der Waals surface area contributed by atoms with Gasteiger partial charge in [-0.1, -0.05) is 11.5 Å². The van der Waals surface area contributed by atoms with Crippen LogP contribution in [-0.2, 0) is 0 Å². The number of hydrogen-bond donors (Lipinski definition) is 1. The zero-order valence-electron chi connectivity index (χ0n) is 13.9. The number of fused-ring (bicyclic) bond motifs is 1. The Morgan fingerprint density at radius 1 is 1.09 bits per heavy atom. The number of nitrogen functional groups attached to an aromatic ring is 1. The van der Waals surface area contributed by atoms with Gasteiger partial charge in [-0.05, 0) is 56.5 Å². The highest BCUT2D eigenvalue weighted by molar-refractivity contribution is 5.71. The lowest BCUT2D eigenvalue weighted by Gasteiger charge is -2.07. The van der Waals surface area contributed by atoms with Crippen molar-refractivity contribution in [2.45, 2.75) is 20.8 Å². The fourth-order valence-corrected chi connectivity index (χ4v) is 2.54. The molecule has 1 aromatic carbocycles. The van der Waals surface area contributed by atoms with Crippen molar-refractivity contribution in [3.8, 4) is 11.8 Å². The number of hydrogen-bond acceptors (Lipinski definition) is 2. The smallest absolute Gasteiger partial charge is 0.218 e. The molecular weight excluding hydrogens is 282 g/mol. The van der Waals surface area contributed by atoms with E-state index in [2.05, 4.69) is 60.5 Å².